The van der Waals surface area contributed by atoms with Gasteiger partial charge in [-0.25, -0.2) is 4.68 Å². The molecule has 110 valence electrons. The van der Waals surface area contributed by atoms with Crippen molar-refractivity contribution in [2.45, 2.75) is 38.8 Å². The van der Waals surface area contributed by atoms with Crippen molar-refractivity contribution < 1.29 is 14.7 Å². The summed E-state index contributed by atoms with van der Waals surface area (Å²) in [6.07, 6.45) is 1.03. The van der Waals surface area contributed by atoms with Gasteiger partial charge < -0.3 is 10.4 Å². The summed E-state index contributed by atoms with van der Waals surface area (Å²) in [5, 5.41) is 13.4. The largest absolute Gasteiger partial charge is 0.481 e. The standard InChI is InChI=1S/C12H17N3O5/c1-8(3-2-4-12(19)20)13-10(17)7-15-11(18)6-5-9(16)14-15/h5-6,8H,2-4,7H2,1H3,(H,13,17)(H,14,16)(H,19,20). The van der Waals surface area contributed by atoms with Crippen LogP contribution in [0.4, 0.5) is 0 Å². The van der Waals surface area contributed by atoms with E-state index in [1.165, 1.54) is 0 Å². The summed E-state index contributed by atoms with van der Waals surface area (Å²) in [4.78, 5) is 44.5. The fourth-order valence-corrected chi connectivity index (χ4v) is 1.68. The van der Waals surface area contributed by atoms with Crippen LogP contribution in [0.25, 0.3) is 0 Å². The molecule has 8 nitrogen and oxygen atoms in total. The van der Waals surface area contributed by atoms with Crippen LogP contribution >= 0.6 is 0 Å². The lowest BCUT2D eigenvalue weighted by Crippen LogP contribution is -2.39. The molecule has 0 bridgehead atoms. The molecule has 0 saturated carbocycles. The van der Waals surface area contributed by atoms with Gasteiger partial charge in [0.05, 0.1) is 0 Å². The number of carboxylic acid groups (broad SMARTS) is 1. The minimum Gasteiger partial charge on any atom is -0.481 e. The highest BCUT2D eigenvalue weighted by atomic mass is 16.4. The number of aliphatic carboxylic acids is 1. The van der Waals surface area contributed by atoms with Crippen LogP contribution in [0.1, 0.15) is 26.2 Å². The van der Waals surface area contributed by atoms with Gasteiger partial charge in [-0.15, -0.1) is 0 Å². The van der Waals surface area contributed by atoms with Crippen LogP contribution in [-0.4, -0.2) is 32.8 Å². The molecule has 0 spiro atoms. The van der Waals surface area contributed by atoms with E-state index in [9.17, 15) is 19.2 Å². The number of amides is 1. The molecule has 8 heteroatoms. The Morgan fingerprint density at radius 3 is 2.75 bits per heavy atom. The van der Waals surface area contributed by atoms with E-state index < -0.39 is 23.0 Å². The van der Waals surface area contributed by atoms with Crippen molar-refractivity contribution in [3.63, 3.8) is 0 Å². The number of carboxylic acids is 1. The van der Waals surface area contributed by atoms with Gasteiger partial charge in [-0.2, -0.15) is 0 Å². The first-order valence-electron chi connectivity index (χ1n) is 6.20. The van der Waals surface area contributed by atoms with Gasteiger partial charge in [-0.3, -0.25) is 24.3 Å². The van der Waals surface area contributed by atoms with E-state index in [2.05, 4.69) is 10.4 Å². The summed E-state index contributed by atoms with van der Waals surface area (Å²) >= 11 is 0. The summed E-state index contributed by atoms with van der Waals surface area (Å²) < 4.78 is 0.918. The molecular formula is C12H17N3O5. The minimum atomic E-state index is -0.878. The zero-order valence-corrected chi connectivity index (χ0v) is 11.1. The Hall–Kier alpha value is -2.38. The molecule has 1 atom stereocenters. The summed E-state index contributed by atoms with van der Waals surface area (Å²) in [7, 11) is 0. The monoisotopic (exact) mass is 283 g/mol. The summed E-state index contributed by atoms with van der Waals surface area (Å²) in [6, 6.07) is 1.97. The lowest BCUT2D eigenvalue weighted by Gasteiger charge is -2.13. The van der Waals surface area contributed by atoms with Crippen LogP contribution in [0.2, 0.25) is 0 Å². The first kappa shape index (κ1) is 15.7. The van der Waals surface area contributed by atoms with Crippen molar-refractivity contribution in [2.24, 2.45) is 0 Å². The van der Waals surface area contributed by atoms with Crippen LogP contribution in [0.15, 0.2) is 21.7 Å². The molecule has 20 heavy (non-hydrogen) atoms. The van der Waals surface area contributed by atoms with Crippen LogP contribution in [0, 0.1) is 0 Å². The second-order valence-electron chi connectivity index (χ2n) is 4.49. The van der Waals surface area contributed by atoms with Gasteiger partial charge in [-0.05, 0) is 19.8 Å². The number of H-pyrrole nitrogens is 1. The highest BCUT2D eigenvalue weighted by molar-refractivity contribution is 5.75. The number of aromatic amines is 1. The predicted molar refractivity (Wildman–Crippen MR) is 70.4 cm³/mol. The van der Waals surface area contributed by atoms with Gasteiger partial charge in [0.25, 0.3) is 11.1 Å². The topological polar surface area (TPSA) is 121 Å². The second kappa shape index (κ2) is 7.27. The molecule has 1 rings (SSSR count). The molecule has 0 radical (unpaired) electrons. The quantitative estimate of drug-likeness (QED) is 0.610. The molecule has 0 aromatic carbocycles. The van der Waals surface area contributed by atoms with Gasteiger partial charge in [-0.1, -0.05) is 0 Å². The highest BCUT2D eigenvalue weighted by Crippen LogP contribution is 2.00. The lowest BCUT2D eigenvalue weighted by atomic mass is 10.1. The Morgan fingerprint density at radius 2 is 2.10 bits per heavy atom. The van der Waals surface area contributed by atoms with Crippen molar-refractivity contribution in [3.05, 3.63) is 32.8 Å². The van der Waals surface area contributed by atoms with E-state index in [0.29, 0.717) is 12.8 Å². The summed E-state index contributed by atoms with van der Waals surface area (Å²) in [6.45, 7) is 1.47. The van der Waals surface area contributed by atoms with Gasteiger partial charge >= 0.3 is 5.97 Å². The SMILES string of the molecule is CC(CCCC(=O)O)NC(=O)Cn1[nH]c(=O)ccc1=O. The van der Waals surface area contributed by atoms with Gasteiger partial charge in [0.1, 0.15) is 6.54 Å². The number of hydrogen-bond acceptors (Lipinski definition) is 4. The molecule has 1 aromatic rings. The zero-order valence-electron chi connectivity index (χ0n) is 11.1. The summed E-state index contributed by atoms with van der Waals surface area (Å²) in [5.41, 5.74) is -0.940. The fraction of sp³-hybridized carbons (Fsp3) is 0.500. The van der Waals surface area contributed by atoms with Crippen molar-refractivity contribution in [2.75, 3.05) is 0 Å². The Bertz CT molecular complexity index is 589. The minimum absolute atomic E-state index is 0.0473. The number of rotatable bonds is 7. The van der Waals surface area contributed by atoms with E-state index in [0.717, 1.165) is 16.8 Å². The third-order valence-corrected chi connectivity index (χ3v) is 2.63. The molecule has 0 fully saturated rings. The highest BCUT2D eigenvalue weighted by Gasteiger charge is 2.09. The molecule has 0 aliphatic carbocycles. The third kappa shape index (κ3) is 5.51. The Kier molecular flexibility index (Phi) is 5.70. The van der Waals surface area contributed by atoms with E-state index in [4.69, 9.17) is 5.11 Å². The van der Waals surface area contributed by atoms with Gasteiger partial charge in [0, 0.05) is 24.6 Å². The second-order valence-corrected chi connectivity index (χ2v) is 4.49. The molecule has 0 saturated heterocycles. The van der Waals surface area contributed by atoms with Crippen LogP contribution in [0.3, 0.4) is 0 Å². The molecule has 0 aliphatic rings. The average molecular weight is 283 g/mol. The van der Waals surface area contributed by atoms with E-state index in [1.54, 1.807) is 6.92 Å². The number of nitrogens with one attached hydrogen (secondary N) is 2. The van der Waals surface area contributed by atoms with Crippen molar-refractivity contribution in [1.82, 2.24) is 15.1 Å². The van der Waals surface area contributed by atoms with E-state index in [1.807, 2.05) is 0 Å². The normalized spacial score (nSPS) is 11.8. The lowest BCUT2D eigenvalue weighted by molar-refractivity contribution is -0.137. The number of hydrogen-bond donors (Lipinski definition) is 3. The number of nitrogens with zero attached hydrogens (tertiary/aromatic N) is 1. The molecule has 3 N–H and O–H groups in total. The first-order chi connectivity index (χ1) is 9.38. The smallest absolute Gasteiger partial charge is 0.303 e. The van der Waals surface area contributed by atoms with Crippen LogP contribution in [-0.2, 0) is 16.1 Å². The van der Waals surface area contributed by atoms with Crippen LogP contribution in [0.5, 0.6) is 0 Å². The maximum Gasteiger partial charge on any atom is 0.303 e. The van der Waals surface area contributed by atoms with Crippen molar-refractivity contribution in [3.8, 4) is 0 Å². The third-order valence-electron chi connectivity index (χ3n) is 2.63. The predicted octanol–water partition coefficient (Wildman–Crippen LogP) is -0.704. The van der Waals surface area contributed by atoms with Gasteiger partial charge in [0.15, 0.2) is 0 Å². The Morgan fingerprint density at radius 1 is 1.40 bits per heavy atom. The van der Waals surface area contributed by atoms with Crippen molar-refractivity contribution >= 4 is 11.9 Å². The van der Waals surface area contributed by atoms with Crippen molar-refractivity contribution in [1.29, 1.82) is 0 Å². The maximum absolute atomic E-state index is 11.7. The maximum atomic E-state index is 11.7. The number of carbonyl (C=O) groups is 2. The Balaban J connectivity index is 2.47. The van der Waals surface area contributed by atoms with Gasteiger partial charge in [0.2, 0.25) is 5.91 Å². The first-order valence-corrected chi connectivity index (χ1v) is 6.20. The number of aromatic nitrogens is 2. The van der Waals surface area contributed by atoms with E-state index in [-0.39, 0.29) is 19.0 Å². The fourth-order valence-electron chi connectivity index (χ4n) is 1.68. The Labute approximate surface area is 114 Å². The average Bonchev–Trinajstić information content (AvgIpc) is 2.33. The molecule has 1 unspecified atom stereocenters. The molecule has 1 aromatic heterocycles. The summed E-state index contributed by atoms with van der Waals surface area (Å²) in [5.74, 6) is -1.30. The number of carbonyl (C=O) groups excluding carboxylic acids is 1. The molecule has 1 amide bonds. The van der Waals surface area contributed by atoms with E-state index >= 15 is 0 Å². The molecule has 0 aliphatic heterocycles. The molecule has 1 heterocycles. The zero-order chi connectivity index (χ0) is 15.1. The molecular weight excluding hydrogens is 266 g/mol. The van der Waals surface area contributed by atoms with Crippen LogP contribution < -0.4 is 16.4 Å².